The van der Waals surface area contributed by atoms with E-state index >= 15 is 0 Å². The van der Waals surface area contributed by atoms with Crippen LogP contribution in [0.4, 0.5) is 0 Å². The lowest BCUT2D eigenvalue weighted by Crippen LogP contribution is -2.05. The Labute approximate surface area is 93.6 Å². The molecule has 0 spiro atoms. The Morgan fingerprint density at radius 3 is 2.80 bits per heavy atom. The molecule has 3 nitrogen and oxygen atoms in total. The Balaban J connectivity index is 2.54. The summed E-state index contributed by atoms with van der Waals surface area (Å²) in [5, 5.41) is 9.73. The minimum atomic E-state index is -0.239. The summed E-state index contributed by atoms with van der Waals surface area (Å²) in [6, 6.07) is 4.76. The molecule has 0 aromatic heterocycles. The van der Waals surface area contributed by atoms with Crippen molar-refractivity contribution in [3.8, 4) is 5.75 Å². The van der Waals surface area contributed by atoms with Crippen molar-refractivity contribution in [1.29, 1.82) is 0 Å². The number of phenols is 1. The fourth-order valence-corrected chi connectivity index (χ4v) is 1.51. The van der Waals surface area contributed by atoms with Gasteiger partial charge in [-0.3, -0.25) is 4.79 Å². The summed E-state index contributed by atoms with van der Waals surface area (Å²) in [4.78, 5) is 11.1. The number of hydrogen-bond acceptors (Lipinski definition) is 3. The zero-order chi connectivity index (χ0) is 11.3. The quantitative estimate of drug-likeness (QED) is 0.806. The molecule has 0 radical (unpaired) electrons. The SMILES string of the molecule is CCOC(=O)CCc1cc(O)cc(Cl)c1. The average molecular weight is 229 g/mol. The normalized spacial score (nSPS) is 10.0. The number of hydrogen-bond donors (Lipinski definition) is 1. The number of aromatic hydroxyl groups is 1. The van der Waals surface area contributed by atoms with Gasteiger partial charge in [-0.2, -0.15) is 0 Å². The number of rotatable bonds is 4. The fraction of sp³-hybridized carbons (Fsp3) is 0.364. The van der Waals surface area contributed by atoms with Crippen LogP contribution in [0.25, 0.3) is 0 Å². The summed E-state index contributed by atoms with van der Waals surface area (Å²) in [6.07, 6.45) is 0.820. The number of carbonyl (C=O) groups is 1. The van der Waals surface area contributed by atoms with Crippen LogP contribution in [-0.4, -0.2) is 17.7 Å². The second-order valence-electron chi connectivity index (χ2n) is 3.12. The molecule has 15 heavy (non-hydrogen) atoms. The second kappa shape index (κ2) is 5.61. The lowest BCUT2D eigenvalue weighted by molar-refractivity contribution is -0.143. The maximum Gasteiger partial charge on any atom is 0.306 e. The Hall–Kier alpha value is -1.22. The van der Waals surface area contributed by atoms with E-state index in [-0.39, 0.29) is 11.7 Å². The molecule has 0 saturated heterocycles. The standard InChI is InChI=1S/C11H13ClO3/c1-2-15-11(14)4-3-8-5-9(12)7-10(13)6-8/h5-7,13H,2-4H2,1H3. The number of benzene rings is 1. The fourth-order valence-electron chi connectivity index (χ4n) is 1.26. The molecule has 0 unspecified atom stereocenters. The number of carbonyl (C=O) groups excluding carboxylic acids is 1. The minimum Gasteiger partial charge on any atom is -0.508 e. The molecule has 1 N–H and O–H groups in total. The Morgan fingerprint density at radius 2 is 2.20 bits per heavy atom. The molecule has 1 aromatic carbocycles. The summed E-state index contributed by atoms with van der Waals surface area (Å²) in [5.41, 5.74) is 0.827. The van der Waals surface area contributed by atoms with Gasteiger partial charge in [0.1, 0.15) is 5.75 Å². The van der Waals surface area contributed by atoms with E-state index in [9.17, 15) is 9.90 Å². The van der Waals surface area contributed by atoms with Crippen molar-refractivity contribution in [3.63, 3.8) is 0 Å². The van der Waals surface area contributed by atoms with Gasteiger partial charge in [0.15, 0.2) is 0 Å². The summed E-state index contributed by atoms with van der Waals surface area (Å²) >= 11 is 5.75. The Morgan fingerprint density at radius 1 is 1.47 bits per heavy atom. The highest BCUT2D eigenvalue weighted by atomic mass is 35.5. The van der Waals surface area contributed by atoms with E-state index in [1.807, 2.05) is 0 Å². The molecular formula is C11H13ClO3. The lowest BCUT2D eigenvalue weighted by Gasteiger charge is -2.03. The first kappa shape index (κ1) is 11.9. The van der Waals surface area contributed by atoms with E-state index in [2.05, 4.69) is 0 Å². The van der Waals surface area contributed by atoms with E-state index in [1.165, 1.54) is 6.07 Å². The van der Waals surface area contributed by atoms with E-state index < -0.39 is 0 Å². The van der Waals surface area contributed by atoms with Crippen molar-refractivity contribution in [2.75, 3.05) is 6.61 Å². The molecule has 0 fully saturated rings. The molecule has 0 aliphatic carbocycles. The average Bonchev–Trinajstić information content (AvgIpc) is 2.14. The largest absolute Gasteiger partial charge is 0.508 e. The summed E-state index contributed by atoms with van der Waals surface area (Å²) < 4.78 is 4.79. The number of phenolic OH excluding ortho intramolecular Hbond substituents is 1. The van der Waals surface area contributed by atoms with Crippen LogP contribution < -0.4 is 0 Å². The number of aryl methyl sites for hydroxylation is 1. The monoisotopic (exact) mass is 228 g/mol. The van der Waals surface area contributed by atoms with Crippen LogP contribution in [-0.2, 0) is 16.0 Å². The predicted molar refractivity (Wildman–Crippen MR) is 58.1 cm³/mol. The van der Waals surface area contributed by atoms with Gasteiger partial charge in [0.2, 0.25) is 0 Å². The molecule has 0 heterocycles. The lowest BCUT2D eigenvalue weighted by atomic mass is 10.1. The van der Waals surface area contributed by atoms with Gasteiger partial charge in [0.25, 0.3) is 0 Å². The van der Waals surface area contributed by atoms with Crippen LogP contribution in [0.2, 0.25) is 5.02 Å². The number of ether oxygens (including phenoxy) is 1. The van der Waals surface area contributed by atoms with Crippen molar-refractivity contribution < 1.29 is 14.6 Å². The highest BCUT2D eigenvalue weighted by Crippen LogP contribution is 2.20. The summed E-state index contributed by atoms with van der Waals surface area (Å²) in [7, 11) is 0. The van der Waals surface area contributed by atoms with Gasteiger partial charge in [-0.25, -0.2) is 0 Å². The van der Waals surface area contributed by atoms with Crippen LogP contribution in [0.15, 0.2) is 18.2 Å². The van der Waals surface area contributed by atoms with Crippen LogP contribution in [0.1, 0.15) is 18.9 Å². The van der Waals surface area contributed by atoms with Gasteiger partial charge in [-0.1, -0.05) is 11.6 Å². The van der Waals surface area contributed by atoms with Gasteiger partial charge >= 0.3 is 5.97 Å². The topological polar surface area (TPSA) is 46.5 Å². The Bertz CT molecular complexity index is 329. The van der Waals surface area contributed by atoms with Gasteiger partial charge in [-0.05, 0) is 37.1 Å². The third-order valence-corrected chi connectivity index (χ3v) is 2.08. The van der Waals surface area contributed by atoms with E-state index in [1.54, 1.807) is 19.1 Å². The molecule has 82 valence electrons. The molecule has 0 saturated carbocycles. The predicted octanol–water partition coefficient (Wildman–Crippen LogP) is 2.54. The maximum atomic E-state index is 11.1. The van der Waals surface area contributed by atoms with Crippen molar-refractivity contribution >= 4 is 17.6 Å². The molecule has 0 amide bonds. The summed E-state index contributed by atoms with van der Waals surface area (Å²) in [6.45, 7) is 2.16. The van der Waals surface area contributed by atoms with Crippen LogP contribution in [0.3, 0.4) is 0 Å². The number of halogens is 1. The zero-order valence-corrected chi connectivity index (χ0v) is 9.25. The molecular weight excluding hydrogens is 216 g/mol. The molecule has 0 bridgehead atoms. The van der Waals surface area contributed by atoms with Crippen molar-refractivity contribution in [2.45, 2.75) is 19.8 Å². The molecule has 4 heteroatoms. The smallest absolute Gasteiger partial charge is 0.306 e. The first-order valence-corrected chi connectivity index (χ1v) is 5.13. The molecule has 0 atom stereocenters. The second-order valence-corrected chi connectivity index (χ2v) is 3.56. The molecule has 0 aliphatic heterocycles. The molecule has 1 aromatic rings. The number of esters is 1. The first-order valence-electron chi connectivity index (χ1n) is 4.76. The van der Waals surface area contributed by atoms with E-state index in [4.69, 9.17) is 16.3 Å². The van der Waals surface area contributed by atoms with Crippen molar-refractivity contribution in [3.05, 3.63) is 28.8 Å². The minimum absolute atomic E-state index is 0.112. The van der Waals surface area contributed by atoms with Crippen molar-refractivity contribution in [2.24, 2.45) is 0 Å². The van der Waals surface area contributed by atoms with Crippen molar-refractivity contribution in [1.82, 2.24) is 0 Å². The molecule has 1 rings (SSSR count). The van der Waals surface area contributed by atoms with Gasteiger partial charge in [-0.15, -0.1) is 0 Å². The van der Waals surface area contributed by atoms with Crippen LogP contribution in [0, 0.1) is 0 Å². The van der Waals surface area contributed by atoms with E-state index in [0.717, 1.165) is 5.56 Å². The third kappa shape index (κ3) is 4.21. The first-order chi connectivity index (χ1) is 7.11. The van der Waals surface area contributed by atoms with Crippen LogP contribution in [0.5, 0.6) is 5.75 Å². The third-order valence-electron chi connectivity index (χ3n) is 1.87. The Kier molecular flexibility index (Phi) is 4.43. The zero-order valence-electron chi connectivity index (χ0n) is 8.50. The van der Waals surface area contributed by atoms with Gasteiger partial charge in [0, 0.05) is 11.4 Å². The van der Waals surface area contributed by atoms with Gasteiger partial charge in [0.05, 0.1) is 6.61 Å². The maximum absolute atomic E-state index is 11.1. The highest BCUT2D eigenvalue weighted by Gasteiger charge is 2.04. The summed E-state index contributed by atoms with van der Waals surface area (Å²) in [5.74, 6) is -0.127. The van der Waals surface area contributed by atoms with Gasteiger partial charge < -0.3 is 9.84 Å². The highest BCUT2D eigenvalue weighted by molar-refractivity contribution is 6.30. The molecule has 0 aliphatic rings. The van der Waals surface area contributed by atoms with Crippen LogP contribution >= 0.6 is 11.6 Å². The van der Waals surface area contributed by atoms with E-state index in [0.29, 0.717) is 24.5 Å².